The van der Waals surface area contributed by atoms with E-state index in [9.17, 15) is 4.79 Å². The van der Waals surface area contributed by atoms with Crippen LogP contribution < -0.4 is 0 Å². The van der Waals surface area contributed by atoms with Crippen LogP contribution in [0, 0.1) is 5.92 Å². The Morgan fingerprint density at radius 3 is 2.28 bits per heavy atom. The second-order valence-electron chi connectivity index (χ2n) is 6.19. The number of likely N-dealkylation sites (tertiary alicyclic amines) is 1. The van der Waals surface area contributed by atoms with Gasteiger partial charge >= 0.3 is 0 Å². The fourth-order valence-electron chi connectivity index (χ4n) is 3.49. The topological polar surface area (TPSA) is 20.3 Å². The van der Waals surface area contributed by atoms with Crippen molar-refractivity contribution in [2.45, 2.75) is 77.0 Å². The van der Waals surface area contributed by atoms with Crippen LogP contribution in [0.1, 0.15) is 77.0 Å². The maximum atomic E-state index is 12.0. The minimum absolute atomic E-state index is 0.415. The number of amides is 1. The van der Waals surface area contributed by atoms with Crippen molar-refractivity contribution in [3.63, 3.8) is 0 Å². The fraction of sp³-hybridized carbons (Fsp3) is 0.938. The lowest BCUT2D eigenvalue weighted by Gasteiger charge is -2.27. The zero-order valence-corrected chi connectivity index (χ0v) is 11.8. The van der Waals surface area contributed by atoms with E-state index >= 15 is 0 Å². The second kappa shape index (κ2) is 7.81. The van der Waals surface area contributed by atoms with Crippen LogP contribution in [0.15, 0.2) is 0 Å². The highest BCUT2D eigenvalue weighted by Crippen LogP contribution is 2.28. The number of unbranched alkanes of at least 4 members (excludes halogenated alkanes) is 1. The molecule has 0 spiro atoms. The molecule has 0 aromatic carbocycles. The first-order valence-electron chi connectivity index (χ1n) is 8.14. The molecule has 1 saturated heterocycles. The standard InChI is InChI=1S/C16H29NO/c18-16(17-13-7-2-8-14-17)12-6-5-11-15-9-3-1-4-10-15/h15H,1-14H2. The van der Waals surface area contributed by atoms with Crippen molar-refractivity contribution in [2.24, 2.45) is 5.92 Å². The van der Waals surface area contributed by atoms with Gasteiger partial charge in [-0.1, -0.05) is 44.9 Å². The summed E-state index contributed by atoms with van der Waals surface area (Å²) in [5.41, 5.74) is 0. The zero-order valence-electron chi connectivity index (χ0n) is 11.8. The van der Waals surface area contributed by atoms with Crippen LogP contribution in [-0.4, -0.2) is 23.9 Å². The van der Waals surface area contributed by atoms with Gasteiger partial charge in [-0.2, -0.15) is 0 Å². The maximum absolute atomic E-state index is 12.0. The summed E-state index contributed by atoms with van der Waals surface area (Å²) in [6.07, 6.45) is 15.5. The monoisotopic (exact) mass is 251 g/mol. The normalized spacial score (nSPS) is 22.1. The quantitative estimate of drug-likeness (QED) is 0.672. The van der Waals surface area contributed by atoms with Gasteiger partial charge < -0.3 is 4.90 Å². The van der Waals surface area contributed by atoms with Crippen LogP contribution in [0.3, 0.4) is 0 Å². The molecule has 1 amide bonds. The highest BCUT2D eigenvalue weighted by molar-refractivity contribution is 5.76. The number of piperidine rings is 1. The summed E-state index contributed by atoms with van der Waals surface area (Å²) in [6, 6.07) is 0. The Bertz CT molecular complexity index is 239. The molecular formula is C16H29NO. The molecule has 0 aromatic heterocycles. The Morgan fingerprint density at radius 1 is 0.889 bits per heavy atom. The minimum atomic E-state index is 0.415. The highest BCUT2D eigenvalue weighted by atomic mass is 16.2. The number of hydrogen-bond acceptors (Lipinski definition) is 1. The first kappa shape index (κ1) is 13.9. The third-order valence-corrected chi connectivity index (χ3v) is 4.69. The molecule has 2 fully saturated rings. The minimum Gasteiger partial charge on any atom is -0.343 e. The molecule has 0 unspecified atom stereocenters. The molecule has 0 N–H and O–H groups in total. The van der Waals surface area contributed by atoms with Crippen molar-refractivity contribution >= 4 is 5.91 Å². The van der Waals surface area contributed by atoms with E-state index in [1.807, 2.05) is 0 Å². The number of nitrogens with zero attached hydrogens (tertiary/aromatic N) is 1. The molecule has 2 rings (SSSR count). The Hall–Kier alpha value is -0.530. The number of carbonyl (C=O) groups excluding carboxylic acids is 1. The first-order chi connectivity index (χ1) is 8.86. The lowest BCUT2D eigenvalue weighted by Crippen LogP contribution is -2.35. The Labute approximate surface area is 112 Å². The second-order valence-corrected chi connectivity index (χ2v) is 6.19. The van der Waals surface area contributed by atoms with Crippen LogP contribution in [0.4, 0.5) is 0 Å². The van der Waals surface area contributed by atoms with E-state index in [4.69, 9.17) is 0 Å². The molecule has 1 aliphatic heterocycles. The summed E-state index contributed by atoms with van der Waals surface area (Å²) in [5, 5.41) is 0. The highest BCUT2D eigenvalue weighted by Gasteiger charge is 2.16. The third kappa shape index (κ3) is 4.62. The van der Waals surface area contributed by atoms with Crippen LogP contribution >= 0.6 is 0 Å². The van der Waals surface area contributed by atoms with Crippen molar-refractivity contribution in [2.75, 3.05) is 13.1 Å². The van der Waals surface area contributed by atoms with Crippen LogP contribution in [-0.2, 0) is 4.79 Å². The summed E-state index contributed by atoms with van der Waals surface area (Å²) in [7, 11) is 0. The molecule has 0 atom stereocenters. The van der Waals surface area contributed by atoms with Crippen molar-refractivity contribution in [3.05, 3.63) is 0 Å². The van der Waals surface area contributed by atoms with Gasteiger partial charge in [0, 0.05) is 19.5 Å². The average molecular weight is 251 g/mol. The summed E-state index contributed by atoms with van der Waals surface area (Å²) in [5.74, 6) is 1.39. The van der Waals surface area contributed by atoms with Crippen molar-refractivity contribution in [1.82, 2.24) is 4.90 Å². The number of hydrogen-bond donors (Lipinski definition) is 0. The summed E-state index contributed by atoms with van der Waals surface area (Å²) < 4.78 is 0. The molecule has 1 heterocycles. The van der Waals surface area contributed by atoms with Crippen molar-refractivity contribution < 1.29 is 4.79 Å². The van der Waals surface area contributed by atoms with Crippen LogP contribution in [0.5, 0.6) is 0 Å². The molecule has 0 bridgehead atoms. The maximum Gasteiger partial charge on any atom is 0.222 e. The van der Waals surface area contributed by atoms with Gasteiger partial charge in [0.25, 0.3) is 0 Å². The molecule has 0 aromatic rings. The van der Waals surface area contributed by atoms with E-state index in [0.717, 1.165) is 31.8 Å². The van der Waals surface area contributed by atoms with Crippen LogP contribution in [0.25, 0.3) is 0 Å². The Kier molecular flexibility index (Phi) is 6.02. The van der Waals surface area contributed by atoms with Crippen molar-refractivity contribution in [3.8, 4) is 0 Å². The first-order valence-corrected chi connectivity index (χ1v) is 8.14. The van der Waals surface area contributed by atoms with E-state index in [1.54, 1.807) is 0 Å². The van der Waals surface area contributed by atoms with E-state index in [2.05, 4.69) is 4.90 Å². The van der Waals surface area contributed by atoms with Gasteiger partial charge in [0.05, 0.1) is 0 Å². The van der Waals surface area contributed by atoms with E-state index in [0.29, 0.717) is 5.91 Å². The van der Waals surface area contributed by atoms with Gasteiger partial charge in [0.15, 0.2) is 0 Å². The van der Waals surface area contributed by atoms with E-state index < -0.39 is 0 Å². The molecule has 2 aliphatic rings. The zero-order chi connectivity index (χ0) is 12.6. The molecule has 2 heteroatoms. The molecule has 2 nitrogen and oxygen atoms in total. The van der Waals surface area contributed by atoms with Gasteiger partial charge in [-0.3, -0.25) is 4.79 Å². The Morgan fingerprint density at radius 2 is 1.56 bits per heavy atom. The molecule has 104 valence electrons. The molecule has 18 heavy (non-hydrogen) atoms. The summed E-state index contributed by atoms with van der Waals surface area (Å²) in [4.78, 5) is 14.1. The van der Waals surface area contributed by atoms with E-state index in [-0.39, 0.29) is 0 Å². The SMILES string of the molecule is O=C(CCCCC1CCCCC1)N1CCCCC1. The lowest BCUT2D eigenvalue weighted by atomic mass is 9.85. The molecule has 1 saturated carbocycles. The Balaban J connectivity index is 1.52. The smallest absolute Gasteiger partial charge is 0.222 e. The number of carbonyl (C=O) groups is 1. The van der Waals surface area contributed by atoms with Gasteiger partial charge in [-0.05, 0) is 31.6 Å². The largest absolute Gasteiger partial charge is 0.343 e. The molecule has 1 aliphatic carbocycles. The molecule has 0 radical (unpaired) electrons. The third-order valence-electron chi connectivity index (χ3n) is 4.69. The summed E-state index contributed by atoms with van der Waals surface area (Å²) in [6.45, 7) is 2.03. The number of rotatable bonds is 5. The van der Waals surface area contributed by atoms with E-state index in [1.165, 1.54) is 64.2 Å². The van der Waals surface area contributed by atoms with Gasteiger partial charge in [-0.15, -0.1) is 0 Å². The van der Waals surface area contributed by atoms with Gasteiger partial charge in [-0.25, -0.2) is 0 Å². The lowest BCUT2D eigenvalue weighted by molar-refractivity contribution is -0.132. The predicted molar refractivity (Wildman–Crippen MR) is 75.5 cm³/mol. The predicted octanol–water partition coefficient (Wildman–Crippen LogP) is 4.14. The average Bonchev–Trinajstić information content (AvgIpc) is 2.45. The molecular weight excluding hydrogens is 222 g/mol. The summed E-state index contributed by atoms with van der Waals surface area (Å²) >= 11 is 0. The fourth-order valence-corrected chi connectivity index (χ4v) is 3.49. The van der Waals surface area contributed by atoms with Gasteiger partial charge in [0.2, 0.25) is 5.91 Å². The van der Waals surface area contributed by atoms with Gasteiger partial charge in [0.1, 0.15) is 0 Å². The van der Waals surface area contributed by atoms with Crippen molar-refractivity contribution in [1.29, 1.82) is 0 Å². The van der Waals surface area contributed by atoms with Crippen LogP contribution in [0.2, 0.25) is 0 Å².